The predicted molar refractivity (Wildman–Crippen MR) is 67.7 cm³/mol. The van der Waals surface area contributed by atoms with Crippen molar-refractivity contribution < 1.29 is 23.8 Å². The Bertz CT molecular complexity index is 290. The highest BCUT2D eigenvalue weighted by atomic mass is 16.5. The smallest absolute Gasteiger partial charge is 0.319 e. The molecule has 1 heterocycles. The second-order valence-electron chi connectivity index (χ2n) is 4.28. The van der Waals surface area contributed by atoms with E-state index in [1.54, 1.807) is 12.0 Å². The van der Waals surface area contributed by atoms with Crippen molar-refractivity contribution in [2.75, 3.05) is 66.8 Å². The topological polar surface area (TPSA) is 68.3 Å². The van der Waals surface area contributed by atoms with E-state index < -0.39 is 0 Å². The van der Waals surface area contributed by atoms with Gasteiger partial charge in [-0.3, -0.25) is 14.5 Å². The third-order valence-corrected chi connectivity index (χ3v) is 2.96. The van der Waals surface area contributed by atoms with Crippen LogP contribution in [0.3, 0.4) is 0 Å². The summed E-state index contributed by atoms with van der Waals surface area (Å²) in [5.74, 6) is -0.267. The molecule has 0 aromatic heterocycles. The summed E-state index contributed by atoms with van der Waals surface area (Å²) in [4.78, 5) is 26.6. The van der Waals surface area contributed by atoms with E-state index in [1.807, 2.05) is 4.90 Å². The van der Waals surface area contributed by atoms with Crippen molar-refractivity contribution in [1.82, 2.24) is 9.80 Å². The Labute approximate surface area is 113 Å². The van der Waals surface area contributed by atoms with Crippen molar-refractivity contribution in [1.29, 1.82) is 0 Å². The molecule has 1 aliphatic rings. The molecule has 1 amide bonds. The minimum atomic E-state index is -0.248. The van der Waals surface area contributed by atoms with E-state index in [9.17, 15) is 9.59 Å². The monoisotopic (exact) mass is 274 g/mol. The molecule has 0 radical (unpaired) electrons. The van der Waals surface area contributed by atoms with Crippen LogP contribution < -0.4 is 0 Å². The van der Waals surface area contributed by atoms with E-state index >= 15 is 0 Å². The highest BCUT2D eigenvalue weighted by molar-refractivity contribution is 5.77. The molecule has 0 atom stereocenters. The Hall–Kier alpha value is -1.18. The molecule has 1 saturated heterocycles. The number of piperazine rings is 1. The number of esters is 1. The molecular formula is C12H22N2O5. The summed E-state index contributed by atoms with van der Waals surface area (Å²) in [5, 5.41) is 0. The van der Waals surface area contributed by atoms with Crippen molar-refractivity contribution in [3.05, 3.63) is 0 Å². The van der Waals surface area contributed by atoms with Crippen LogP contribution in [0.5, 0.6) is 0 Å². The first-order valence-corrected chi connectivity index (χ1v) is 6.31. The van der Waals surface area contributed by atoms with Crippen LogP contribution in [0.2, 0.25) is 0 Å². The van der Waals surface area contributed by atoms with Crippen LogP contribution in [-0.2, 0) is 23.8 Å². The zero-order chi connectivity index (χ0) is 14.1. The number of methoxy groups -OCH3 is 2. The van der Waals surface area contributed by atoms with E-state index in [2.05, 4.69) is 4.74 Å². The highest BCUT2D eigenvalue weighted by Gasteiger charge is 2.22. The number of nitrogens with zero attached hydrogens (tertiary/aromatic N) is 2. The second kappa shape index (κ2) is 8.84. The largest absolute Gasteiger partial charge is 0.468 e. The first-order chi connectivity index (χ1) is 9.17. The number of rotatable bonds is 7. The van der Waals surface area contributed by atoms with E-state index in [1.165, 1.54) is 7.11 Å². The Morgan fingerprint density at radius 3 is 2.32 bits per heavy atom. The first-order valence-electron chi connectivity index (χ1n) is 6.31. The van der Waals surface area contributed by atoms with Crippen molar-refractivity contribution >= 4 is 11.9 Å². The van der Waals surface area contributed by atoms with Crippen LogP contribution in [0.25, 0.3) is 0 Å². The molecule has 0 aliphatic carbocycles. The van der Waals surface area contributed by atoms with Gasteiger partial charge in [-0.2, -0.15) is 0 Å². The zero-order valence-corrected chi connectivity index (χ0v) is 11.6. The fourth-order valence-electron chi connectivity index (χ4n) is 1.80. The summed E-state index contributed by atoms with van der Waals surface area (Å²) in [5.41, 5.74) is 0. The quantitative estimate of drug-likeness (QED) is 0.437. The van der Waals surface area contributed by atoms with Gasteiger partial charge in [-0.05, 0) is 0 Å². The summed E-state index contributed by atoms with van der Waals surface area (Å²) in [6, 6.07) is 0. The highest BCUT2D eigenvalue weighted by Crippen LogP contribution is 2.02. The fraction of sp³-hybridized carbons (Fsp3) is 0.833. The Morgan fingerprint density at radius 1 is 1.05 bits per heavy atom. The van der Waals surface area contributed by atoms with Crippen molar-refractivity contribution in [3.8, 4) is 0 Å². The molecule has 0 aromatic rings. The molecule has 7 heteroatoms. The van der Waals surface area contributed by atoms with Crippen LogP contribution in [-0.4, -0.2) is 88.4 Å². The molecule has 0 spiro atoms. The predicted octanol–water partition coefficient (Wildman–Crippen LogP) is -1.03. The Balaban J connectivity index is 2.18. The molecule has 0 bridgehead atoms. The lowest BCUT2D eigenvalue weighted by Crippen LogP contribution is -2.50. The van der Waals surface area contributed by atoms with Gasteiger partial charge in [0.2, 0.25) is 5.91 Å². The molecule has 19 heavy (non-hydrogen) atoms. The third kappa shape index (κ3) is 6.00. The van der Waals surface area contributed by atoms with Crippen LogP contribution >= 0.6 is 0 Å². The zero-order valence-electron chi connectivity index (χ0n) is 11.6. The molecule has 0 saturated carbocycles. The number of amides is 1. The standard InChI is InChI=1S/C12H22N2O5/c1-17-7-8-19-10-11(15)14-5-3-13(4-6-14)9-12(16)18-2/h3-10H2,1-2H3. The Kier molecular flexibility index (Phi) is 7.39. The van der Waals surface area contributed by atoms with Gasteiger partial charge in [-0.25, -0.2) is 0 Å². The van der Waals surface area contributed by atoms with Gasteiger partial charge in [-0.15, -0.1) is 0 Å². The van der Waals surface area contributed by atoms with E-state index in [0.29, 0.717) is 39.4 Å². The normalized spacial score (nSPS) is 16.4. The molecule has 0 N–H and O–H groups in total. The van der Waals surface area contributed by atoms with Gasteiger partial charge in [0, 0.05) is 33.3 Å². The molecule has 1 rings (SSSR count). The van der Waals surface area contributed by atoms with Crippen LogP contribution in [0, 0.1) is 0 Å². The van der Waals surface area contributed by atoms with E-state index in [0.717, 1.165) is 0 Å². The van der Waals surface area contributed by atoms with E-state index in [4.69, 9.17) is 9.47 Å². The molecule has 0 unspecified atom stereocenters. The first kappa shape index (κ1) is 15.9. The SMILES string of the molecule is COCCOCC(=O)N1CCN(CC(=O)OC)CC1. The Morgan fingerprint density at radius 2 is 1.74 bits per heavy atom. The molecule has 1 fully saturated rings. The van der Waals surface area contributed by atoms with Gasteiger partial charge in [0.15, 0.2) is 0 Å². The van der Waals surface area contributed by atoms with Crippen molar-refractivity contribution in [2.45, 2.75) is 0 Å². The minimum Gasteiger partial charge on any atom is -0.468 e. The molecule has 1 aliphatic heterocycles. The van der Waals surface area contributed by atoms with Gasteiger partial charge in [-0.1, -0.05) is 0 Å². The molecule has 0 aromatic carbocycles. The lowest BCUT2D eigenvalue weighted by molar-refractivity contribution is -0.143. The summed E-state index contributed by atoms with van der Waals surface area (Å²) < 4.78 is 14.6. The van der Waals surface area contributed by atoms with Crippen molar-refractivity contribution in [2.24, 2.45) is 0 Å². The van der Waals surface area contributed by atoms with Crippen LogP contribution in [0.1, 0.15) is 0 Å². The van der Waals surface area contributed by atoms with Gasteiger partial charge >= 0.3 is 5.97 Å². The summed E-state index contributed by atoms with van der Waals surface area (Å²) in [7, 11) is 2.96. The van der Waals surface area contributed by atoms with Crippen molar-refractivity contribution in [3.63, 3.8) is 0 Å². The minimum absolute atomic E-state index is 0.0196. The molecular weight excluding hydrogens is 252 g/mol. The third-order valence-electron chi connectivity index (χ3n) is 2.96. The van der Waals surface area contributed by atoms with Crippen LogP contribution in [0.4, 0.5) is 0 Å². The lowest BCUT2D eigenvalue weighted by Gasteiger charge is -2.33. The maximum absolute atomic E-state index is 11.8. The maximum atomic E-state index is 11.8. The fourth-order valence-corrected chi connectivity index (χ4v) is 1.80. The summed E-state index contributed by atoms with van der Waals surface area (Å²) in [6.07, 6.45) is 0. The number of hydrogen-bond acceptors (Lipinski definition) is 6. The van der Waals surface area contributed by atoms with Gasteiger partial charge < -0.3 is 19.1 Å². The van der Waals surface area contributed by atoms with Crippen LogP contribution in [0.15, 0.2) is 0 Å². The van der Waals surface area contributed by atoms with Gasteiger partial charge in [0.1, 0.15) is 6.61 Å². The average Bonchev–Trinajstić information content (AvgIpc) is 2.44. The average molecular weight is 274 g/mol. The molecule has 7 nitrogen and oxygen atoms in total. The number of carbonyl (C=O) groups is 2. The number of hydrogen-bond donors (Lipinski definition) is 0. The summed E-state index contributed by atoms with van der Waals surface area (Å²) >= 11 is 0. The van der Waals surface area contributed by atoms with Gasteiger partial charge in [0.05, 0.1) is 26.9 Å². The number of ether oxygens (including phenoxy) is 3. The van der Waals surface area contributed by atoms with E-state index in [-0.39, 0.29) is 25.0 Å². The number of carbonyl (C=O) groups excluding carboxylic acids is 2. The maximum Gasteiger partial charge on any atom is 0.319 e. The van der Waals surface area contributed by atoms with Gasteiger partial charge in [0.25, 0.3) is 0 Å². The second-order valence-corrected chi connectivity index (χ2v) is 4.28. The summed E-state index contributed by atoms with van der Waals surface area (Å²) in [6.45, 7) is 3.86. The molecule has 110 valence electrons. The lowest BCUT2D eigenvalue weighted by atomic mass is 10.3.